The first-order chi connectivity index (χ1) is 6.65. The van der Waals surface area contributed by atoms with Gasteiger partial charge in [0.15, 0.2) is 0 Å². The molecule has 14 heavy (non-hydrogen) atoms. The van der Waals surface area contributed by atoms with Crippen LogP contribution < -0.4 is 0 Å². The Morgan fingerprint density at radius 1 is 1.57 bits per heavy atom. The quantitative estimate of drug-likeness (QED) is 0.384. The molecule has 1 aliphatic rings. The monoisotopic (exact) mass is 194 g/mol. The highest BCUT2D eigenvalue weighted by atomic mass is 16.5. The van der Waals surface area contributed by atoms with Crippen LogP contribution in [0.2, 0.25) is 0 Å². The van der Waals surface area contributed by atoms with Crippen molar-refractivity contribution in [1.82, 2.24) is 0 Å². The fourth-order valence-corrected chi connectivity index (χ4v) is 1.98. The summed E-state index contributed by atoms with van der Waals surface area (Å²) in [7, 11) is 1.41. The molecule has 0 radical (unpaired) electrons. The molecule has 0 aromatic heterocycles. The van der Waals surface area contributed by atoms with Gasteiger partial charge in [-0.05, 0) is 26.2 Å². The summed E-state index contributed by atoms with van der Waals surface area (Å²) >= 11 is 0. The highest BCUT2D eigenvalue weighted by molar-refractivity contribution is 5.82. The molecule has 0 heterocycles. The van der Waals surface area contributed by atoms with Crippen molar-refractivity contribution in [1.29, 1.82) is 0 Å². The predicted molar refractivity (Wildman–Crippen MR) is 56.9 cm³/mol. The van der Waals surface area contributed by atoms with Gasteiger partial charge in [-0.1, -0.05) is 24.1 Å². The van der Waals surface area contributed by atoms with Crippen LogP contribution in [0, 0.1) is 5.92 Å². The molecule has 0 aromatic rings. The number of esters is 1. The van der Waals surface area contributed by atoms with Crippen LogP contribution >= 0.6 is 0 Å². The first-order valence-electron chi connectivity index (χ1n) is 5.09. The standard InChI is InChI=1S/C12H18O2/c1-9(2)11-7-5-4-6-10(11)8-12(13)14-3/h8,11H,1,4-7H2,2-3H3. The minimum absolute atomic E-state index is 0.242. The molecule has 0 bridgehead atoms. The third kappa shape index (κ3) is 2.72. The van der Waals surface area contributed by atoms with Gasteiger partial charge < -0.3 is 4.74 Å². The number of carbonyl (C=O) groups excluding carboxylic acids is 1. The lowest BCUT2D eigenvalue weighted by Gasteiger charge is -2.25. The van der Waals surface area contributed by atoms with E-state index < -0.39 is 0 Å². The van der Waals surface area contributed by atoms with Gasteiger partial charge in [0.1, 0.15) is 0 Å². The van der Waals surface area contributed by atoms with E-state index in [1.165, 1.54) is 25.5 Å². The van der Waals surface area contributed by atoms with Crippen LogP contribution in [0.25, 0.3) is 0 Å². The first-order valence-corrected chi connectivity index (χ1v) is 5.09. The van der Waals surface area contributed by atoms with Crippen LogP contribution in [0.5, 0.6) is 0 Å². The molecule has 0 aromatic carbocycles. The zero-order valence-corrected chi connectivity index (χ0v) is 9.01. The summed E-state index contributed by atoms with van der Waals surface area (Å²) in [4.78, 5) is 11.1. The molecular formula is C12H18O2. The van der Waals surface area contributed by atoms with Gasteiger partial charge in [-0.25, -0.2) is 4.79 Å². The van der Waals surface area contributed by atoms with E-state index >= 15 is 0 Å². The zero-order chi connectivity index (χ0) is 10.6. The second-order valence-corrected chi connectivity index (χ2v) is 3.89. The third-order valence-corrected chi connectivity index (χ3v) is 2.76. The molecule has 78 valence electrons. The molecule has 1 saturated carbocycles. The fraction of sp³-hybridized carbons (Fsp3) is 0.583. The van der Waals surface area contributed by atoms with Crippen LogP contribution in [0.3, 0.4) is 0 Å². The van der Waals surface area contributed by atoms with Gasteiger partial charge in [0.25, 0.3) is 0 Å². The Labute approximate surface area is 85.6 Å². The normalized spacial score (nSPS) is 24.7. The van der Waals surface area contributed by atoms with Gasteiger partial charge in [-0.2, -0.15) is 0 Å². The van der Waals surface area contributed by atoms with Crippen LogP contribution in [0.1, 0.15) is 32.6 Å². The van der Waals surface area contributed by atoms with Crippen LogP contribution in [0.15, 0.2) is 23.8 Å². The van der Waals surface area contributed by atoms with E-state index in [1.54, 1.807) is 6.08 Å². The molecule has 1 atom stereocenters. The van der Waals surface area contributed by atoms with Crippen molar-refractivity contribution in [3.8, 4) is 0 Å². The van der Waals surface area contributed by atoms with E-state index in [-0.39, 0.29) is 5.97 Å². The number of hydrogen-bond acceptors (Lipinski definition) is 2. The lowest BCUT2D eigenvalue weighted by molar-refractivity contribution is -0.134. The van der Waals surface area contributed by atoms with Crippen LogP contribution in [0.4, 0.5) is 0 Å². The van der Waals surface area contributed by atoms with Crippen molar-refractivity contribution < 1.29 is 9.53 Å². The summed E-state index contributed by atoms with van der Waals surface area (Å²) in [5.41, 5.74) is 2.34. The zero-order valence-electron chi connectivity index (χ0n) is 9.01. The largest absolute Gasteiger partial charge is 0.466 e. The topological polar surface area (TPSA) is 26.3 Å². The van der Waals surface area contributed by atoms with Gasteiger partial charge >= 0.3 is 5.97 Å². The molecule has 2 heteroatoms. The Bertz CT molecular complexity index is 263. The minimum Gasteiger partial charge on any atom is -0.466 e. The van der Waals surface area contributed by atoms with Gasteiger partial charge in [-0.3, -0.25) is 0 Å². The molecule has 0 amide bonds. The molecule has 0 aliphatic heterocycles. The van der Waals surface area contributed by atoms with Crippen molar-refractivity contribution in [2.45, 2.75) is 32.6 Å². The number of allylic oxidation sites excluding steroid dienone is 2. The summed E-state index contributed by atoms with van der Waals surface area (Å²) < 4.78 is 4.64. The maximum atomic E-state index is 11.1. The fourth-order valence-electron chi connectivity index (χ4n) is 1.98. The highest BCUT2D eigenvalue weighted by Crippen LogP contribution is 2.33. The summed E-state index contributed by atoms with van der Waals surface area (Å²) in [6, 6.07) is 0. The molecular weight excluding hydrogens is 176 g/mol. The Kier molecular flexibility index (Phi) is 3.93. The maximum absolute atomic E-state index is 11.1. The van der Waals surface area contributed by atoms with E-state index in [9.17, 15) is 4.79 Å². The van der Waals surface area contributed by atoms with E-state index in [4.69, 9.17) is 0 Å². The molecule has 2 nitrogen and oxygen atoms in total. The van der Waals surface area contributed by atoms with Crippen molar-refractivity contribution in [3.05, 3.63) is 23.8 Å². The van der Waals surface area contributed by atoms with Crippen molar-refractivity contribution in [2.75, 3.05) is 7.11 Å². The summed E-state index contributed by atoms with van der Waals surface area (Å²) in [5, 5.41) is 0. The second kappa shape index (κ2) is 4.99. The van der Waals surface area contributed by atoms with E-state index in [0.29, 0.717) is 5.92 Å². The van der Waals surface area contributed by atoms with Gasteiger partial charge in [0.2, 0.25) is 0 Å². The lowest BCUT2D eigenvalue weighted by atomic mass is 9.80. The number of ether oxygens (including phenoxy) is 1. The molecule has 0 saturated heterocycles. The SMILES string of the molecule is C=C(C)C1CCCCC1=CC(=O)OC. The minimum atomic E-state index is -0.242. The molecule has 1 fully saturated rings. The van der Waals surface area contributed by atoms with E-state index in [1.807, 2.05) is 6.92 Å². The number of rotatable bonds is 2. The lowest BCUT2D eigenvalue weighted by Crippen LogP contribution is -2.12. The maximum Gasteiger partial charge on any atom is 0.330 e. The molecule has 1 aliphatic carbocycles. The van der Waals surface area contributed by atoms with Gasteiger partial charge in [0.05, 0.1) is 7.11 Å². The van der Waals surface area contributed by atoms with E-state index in [2.05, 4.69) is 11.3 Å². The number of methoxy groups -OCH3 is 1. The van der Waals surface area contributed by atoms with Crippen LogP contribution in [-0.2, 0) is 9.53 Å². The average Bonchev–Trinajstić information content (AvgIpc) is 2.18. The van der Waals surface area contributed by atoms with Gasteiger partial charge in [-0.15, -0.1) is 0 Å². The Hall–Kier alpha value is -1.05. The molecule has 0 spiro atoms. The van der Waals surface area contributed by atoms with Crippen molar-refractivity contribution in [3.63, 3.8) is 0 Å². The Balaban J connectivity index is 2.77. The first kappa shape index (κ1) is 11.0. The predicted octanol–water partition coefficient (Wildman–Crippen LogP) is 2.85. The second-order valence-electron chi connectivity index (χ2n) is 3.89. The summed E-state index contributed by atoms with van der Waals surface area (Å²) in [6.45, 7) is 6.00. The van der Waals surface area contributed by atoms with Crippen molar-refractivity contribution in [2.24, 2.45) is 5.92 Å². The smallest absolute Gasteiger partial charge is 0.330 e. The third-order valence-electron chi connectivity index (χ3n) is 2.76. The van der Waals surface area contributed by atoms with E-state index in [0.717, 1.165) is 18.4 Å². The molecule has 1 rings (SSSR count). The highest BCUT2D eigenvalue weighted by Gasteiger charge is 2.20. The summed E-state index contributed by atoms with van der Waals surface area (Å²) in [6.07, 6.45) is 6.17. The number of carbonyl (C=O) groups is 1. The molecule has 1 unspecified atom stereocenters. The summed E-state index contributed by atoms with van der Waals surface area (Å²) in [5.74, 6) is 0.149. The van der Waals surface area contributed by atoms with Crippen LogP contribution in [-0.4, -0.2) is 13.1 Å². The average molecular weight is 194 g/mol. The molecule has 0 N–H and O–H groups in total. The van der Waals surface area contributed by atoms with Crippen molar-refractivity contribution >= 4 is 5.97 Å². The number of hydrogen-bond donors (Lipinski definition) is 0. The Morgan fingerprint density at radius 3 is 2.86 bits per heavy atom. The van der Waals surface area contributed by atoms with Gasteiger partial charge in [0, 0.05) is 12.0 Å². The Morgan fingerprint density at radius 2 is 2.29 bits per heavy atom.